The fourth-order valence-corrected chi connectivity index (χ4v) is 2.67. The molecule has 5 nitrogen and oxygen atoms in total. The van der Waals surface area contributed by atoms with E-state index in [9.17, 15) is 14.3 Å². The number of benzene rings is 2. The van der Waals surface area contributed by atoms with Crippen LogP contribution >= 0.6 is 0 Å². The molecule has 3 rings (SSSR count). The molecule has 2 aromatic carbocycles. The van der Waals surface area contributed by atoms with E-state index in [1.165, 1.54) is 17.0 Å². The number of aromatic nitrogens is 1. The molecule has 0 saturated carbocycles. The number of hydrogen-bond acceptors (Lipinski definition) is 4. The first-order valence-electron chi connectivity index (χ1n) is 7.55. The highest BCUT2D eigenvalue weighted by Gasteiger charge is 2.23. The van der Waals surface area contributed by atoms with Gasteiger partial charge in [-0.15, -0.1) is 0 Å². The SMILES string of the molecule is CN(C(=O)Cc1noc2ccccc12)[C@H](CO)c1cccc(F)c1. The number of nitrogens with zero attached hydrogens (tertiary/aromatic N) is 2. The predicted molar refractivity (Wildman–Crippen MR) is 86.7 cm³/mol. The molecule has 0 saturated heterocycles. The maximum atomic E-state index is 13.4. The number of fused-ring (bicyclic) bond motifs is 1. The van der Waals surface area contributed by atoms with Gasteiger partial charge in [-0.2, -0.15) is 0 Å². The van der Waals surface area contributed by atoms with Gasteiger partial charge in [0.2, 0.25) is 5.91 Å². The molecule has 0 fully saturated rings. The van der Waals surface area contributed by atoms with Crippen molar-refractivity contribution in [1.82, 2.24) is 10.1 Å². The lowest BCUT2D eigenvalue weighted by molar-refractivity contribution is -0.132. The Labute approximate surface area is 138 Å². The zero-order valence-corrected chi connectivity index (χ0v) is 13.1. The molecule has 1 aromatic heterocycles. The Hall–Kier alpha value is -2.73. The zero-order chi connectivity index (χ0) is 17.1. The minimum atomic E-state index is -0.619. The summed E-state index contributed by atoms with van der Waals surface area (Å²) in [5.74, 6) is -0.647. The number of carbonyl (C=O) groups excluding carboxylic acids is 1. The highest BCUT2D eigenvalue weighted by atomic mass is 19.1. The van der Waals surface area contributed by atoms with Crippen LogP contribution in [0, 0.1) is 5.82 Å². The summed E-state index contributed by atoms with van der Waals surface area (Å²) in [4.78, 5) is 14.0. The predicted octanol–water partition coefficient (Wildman–Crippen LogP) is 2.70. The number of para-hydroxylation sites is 1. The van der Waals surface area contributed by atoms with Crippen LogP contribution in [0.15, 0.2) is 53.1 Å². The molecular weight excluding hydrogens is 311 g/mol. The first-order valence-corrected chi connectivity index (χ1v) is 7.55. The number of likely N-dealkylation sites (N-methyl/N-ethyl adjacent to an activating group) is 1. The van der Waals surface area contributed by atoms with Gasteiger partial charge in [-0.3, -0.25) is 4.79 Å². The van der Waals surface area contributed by atoms with Crippen molar-refractivity contribution >= 4 is 16.9 Å². The van der Waals surface area contributed by atoms with Crippen LogP contribution in [0.5, 0.6) is 0 Å². The second-order valence-corrected chi connectivity index (χ2v) is 5.56. The van der Waals surface area contributed by atoms with E-state index in [4.69, 9.17) is 4.52 Å². The van der Waals surface area contributed by atoms with E-state index in [2.05, 4.69) is 5.16 Å². The molecule has 0 aliphatic rings. The van der Waals surface area contributed by atoms with Crippen molar-refractivity contribution in [2.75, 3.05) is 13.7 Å². The molecule has 1 heterocycles. The molecule has 1 amide bonds. The minimum Gasteiger partial charge on any atom is -0.394 e. The lowest BCUT2D eigenvalue weighted by Crippen LogP contribution is -2.34. The first-order chi connectivity index (χ1) is 11.6. The van der Waals surface area contributed by atoms with Crippen molar-refractivity contribution in [3.63, 3.8) is 0 Å². The normalized spacial score (nSPS) is 12.3. The molecule has 0 aliphatic heterocycles. The summed E-state index contributed by atoms with van der Waals surface area (Å²) in [5, 5.41) is 14.4. The Morgan fingerprint density at radius 1 is 1.29 bits per heavy atom. The summed E-state index contributed by atoms with van der Waals surface area (Å²) in [5.41, 5.74) is 1.70. The van der Waals surface area contributed by atoms with Crippen LogP contribution < -0.4 is 0 Å². The number of hydrogen-bond donors (Lipinski definition) is 1. The molecule has 0 bridgehead atoms. The Kier molecular flexibility index (Phi) is 4.57. The van der Waals surface area contributed by atoms with Crippen molar-refractivity contribution in [1.29, 1.82) is 0 Å². The van der Waals surface area contributed by atoms with Crippen molar-refractivity contribution in [2.24, 2.45) is 0 Å². The summed E-state index contributed by atoms with van der Waals surface area (Å²) < 4.78 is 18.6. The van der Waals surface area contributed by atoms with Gasteiger partial charge in [0.25, 0.3) is 0 Å². The summed E-state index contributed by atoms with van der Waals surface area (Å²) in [7, 11) is 1.58. The number of aliphatic hydroxyl groups is 1. The molecule has 1 atom stereocenters. The van der Waals surface area contributed by atoms with Crippen LogP contribution in [0.3, 0.4) is 0 Å². The van der Waals surface area contributed by atoms with Crippen LogP contribution in [0.1, 0.15) is 17.3 Å². The second-order valence-electron chi connectivity index (χ2n) is 5.56. The van der Waals surface area contributed by atoms with Crippen molar-refractivity contribution in [3.8, 4) is 0 Å². The Balaban J connectivity index is 1.80. The van der Waals surface area contributed by atoms with Crippen LogP contribution in [0.4, 0.5) is 4.39 Å². The van der Waals surface area contributed by atoms with Crippen LogP contribution in [0.2, 0.25) is 0 Å². The molecule has 1 N–H and O–H groups in total. The number of amides is 1. The fourth-order valence-electron chi connectivity index (χ4n) is 2.67. The van der Waals surface area contributed by atoms with Crippen molar-refractivity contribution in [3.05, 3.63) is 65.6 Å². The molecule has 24 heavy (non-hydrogen) atoms. The molecule has 0 radical (unpaired) electrons. The topological polar surface area (TPSA) is 66.6 Å². The minimum absolute atomic E-state index is 0.0410. The lowest BCUT2D eigenvalue weighted by Gasteiger charge is -2.27. The third-order valence-electron chi connectivity index (χ3n) is 4.04. The maximum Gasteiger partial charge on any atom is 0.229 e. The average molecular weight is 328 g/mol. The Morgan fingerprint density at radius 3 is 2.83 bits per heavy atom. The van der Waals surface area contributed by atoms with Gasteiger partial charge in [0.05, 0.1) is 19.1 Å². The summed E-state index contributed by atoms with van der Waals surface area (Å²) in [6.07, 6.45) is 0.0410. The van der Waals surface area contributed by atoms with Gasteiger partial charge in [0.1, 0.15) is 11.5 Å². The Morgan fingerprint density at radius 2 is 2.08 bits per heavy atom. The smallest absolute Gasteiger partial charge is 0.229 e. The third kappa shape index (κ3) is 3.14. The van der Waals surface area contributed by atoms with Crippen molar-refractivity contribution < 1.29 is 18.8 Å². The van der Waals surface area contributed by atoms with E-state index < -0.39 is 11.9 Å². The van der Waals surface area contributed by atoms with E-state index in [0.29, 0.717) is 16.8 Å². The summed E-state index contributed by atoms with van der Waals surface area (Å²) in [6, 6.07) is 12.5. The van der Waals surface area contributed by atoms with E-state index in [-0.39, 0.29) is 18.9 Å². The molecule has 124 valence electrons. The highest BCUT2D eigenvalue weighted by molar-refractivity contribution is 5.86. The van der Waals surface area contributed by atoms with Gasteiger partial charge in [0.15, 0.2) is 5.58 Å². The second kappa shape index (κ2) is 6.80. The summed E-state index contributed by atoms with van der Waals surface area (Å²) in [6.45, 7) is -0.300. The average Bonchev–Trinajstić information content (AvgIpc) is 2.99. The largest absolute Gasteiger partial charge is 0.394 e. The molecule has 0 aliphatic carbocycles. The third-order valence-corrected chi connectivity index (χ3v) is 4.04. The molecule has 6 heteroatoms. The van der Waals surface area contributed by atoms with E-state index in [1.54, 1.807) is 25.2 Å². The van der Waals surface area contributed by atoms with Gasteiger partial charge in [-0.05, 0) is 29.8 Å². The fraction of sp³-hybridized carbons (Fsp3) is 0.222. The Bertz CT molecular complexity index is 862. The number of aliphatic hydroxyl groups excluding tert-OH is 1. The lowest BCUT2D eigenvalue weighted by atomic mass is 10.1. The highest BCUT2D eigenvalue weighted by Crippen LogP contribution is 2.23. The molecule has 0 unspecified atom stereocenters. The van der Waals surface area contributed by atoms with Crippen LogP contribution in [-0.4, -0.2) is 34.7 Å². The zero-order valence-electron chi connectivity index (χ0n) is 13.1. The quantitative estimate of drug-likeness (QED) is 0.782. The van der Waals surface area contributed by atoms with E-state index in [0.717, 1.165) is 5.39 Å². The van der Waals surface area contributed by atoms with Crippen molar-refractivity contribution in [2.45, 2.75) is 12.5 Å². The van der Waals surface area contributed by atoms with Gasteiger partial charge in [-0.1, -0.05) is 29.4 Å². The van der Waals surface area contributed by atoms with Crippen LogP contribution in [-0.2, 0) is 11.2 Å². The van der Waals surface area contributed by atoms with E-state index in [1.807, 2.05) is 18.2 Å². The molecule has 3 aromatic rings. The molecule has 0 spiro atoms. The van der Waals surface area contributed by atoms with Gasteiger partial charge >= 0.3 is 0 Å². The maximum absolute atomic E-state index is 13.4. The van der Waals surface area contributed by atoms with Gasteiger partial charge in [0, 0.05) is 12.4 Å². The van der Waals surface area contributed by atoms with E-state index >= 15 is 0 Å². The monoisotopic (exact) mass is 328 g/mol. The number of rotatable bonds is 5. The van der Waals surface area contributed by atoms with Gasteiger partial charge in [-0.25, -0.2) is 4.39 Å². The summed E-state index contributed by atoms with van der Waals surface area (Å²) >= 11 is 0. The standard InChI is InChI=1S/C18H17FN2O3/c1-21(16(11-22)12-5-4-6-13(19)9-12)18(23)10-15-14-7-2-3-8-17(14)24-20-15/h2-9,16,22H,10-11H2,1H3/t16-/m1/s1. The van der Waals surface area contributed by atoms with Crippen LogP contribution in [0.25, 0.3) is 11.0 Å². The molecular formula is C18H17FN2O3. The first kappa shape index (κ1) is 16.1. The van der Waals surface area contributed by atoms with Gasteiger partial charge < -0.3 is 14.5 Å². The number of halogens is 1. The number of carbonyl (C=O) groups is 1.